The first-order valence-electron chi connectivity index (χ1n) is 8.48. The van der Waals surface area contributed by atoms with Crippen LogP contribution in [0.25, 0.3) is 28.1 Å². The Kier molecular flexibility index (Phi) is 4.90. The number of hydrogen-bond acceptors (Lipinski definition) is 2. The summed E-state index contributed by atoms with van der Waals surface area (Å²) in [6.45, 7) is 0. The maximum absolute atomic E-state index is 12.0. The van der Waals surface area contributed by atoms with Gasteiger partial charge in [-0.2, -0.15) is 5.10 Å². The minimum Gasteiger partial charge on any atom is -0.476 e. The number of halogens is 2. The summed E-state index contributed by atoms with van der Waals surface area (Å²) in [4.78, 5) is 12.0. The van der Waals surface area contributed by atoms with Gasteiger partial charge in [-0.25, -0.2) is 9.48 Å². The first-order valence-corrected chi connectivity index (χ1v) is 9.24. The average Bonchev–Trinajstić information content (AvgIpc) is 3.10. The Morgan fingerprint density at radius 2 is 1.43 bits per heavy atom. The standard InChI is InChI=1S/C22H14Cl2N2O2/c23-16-8-4-6-14(12-16)19-20(22(27)28)25-26(18-10-2-1-3-11-18)21(19)15-7-5-9-17(24)13-15/h1-13H,(H,27,28). The molecule has 0 spiro atoms. The van der Waals surface area contributed by atoms with E-state index in [4.69, 9.17) is 23.2 Å². The Balaban J connectivity index is 2.11. The van der Waals surface area contributed by atoms with Crippen LogP contribution >= 0.6 is 23.2 Å². The van der Waals surface area contributed by atoms with Gasteiger partial charge in [-0.15, -0.1) is 0 Å². The molecule has 4 rings (SSSR count). The van der Waals surface area contributed by atoms with E-state index in [0.29, 0.717) is 26.9 Å². The SMILES string of the molecule is O=C(O)c1nn(-c2ccccc2)c(-c2cccc(Cl)c2)c1-c1cccc(Cl)c1. The van der Waals surface area contributed by atoms with Crippen LogP contribution in [0, 0.1) is 0 Å². The highest BCUT2D eigenvalue weighted by Gasteiger charge is 2.26. The number of hydrogen-bond donors (Lipinski definition) is 1. The molecule has 0 amide bonds. The minimum absolute atomic E-state index is 0.0545. The molecule has 0 aliphatic rings. The third-order valence-electron chi connectivity index (χ3n) is 4.30. The molecular weight excluding hydrogens is 395 g/mol. The van der Waals surface area contributed by atoms with Gasteiger partial charge < -0.3 is 5.11 Å². The normalized spacial score (nSPS) is 10.8. The first-order chi connectivity index (χ1) is 13.5. The van der Waals surface area contributed by atoms with Gasteiger partial charge in [-0.3, -0.25) is 0 Å². The number of nitrogens with zero attached hydrogens (tertiary/aromatic N) is 2. The molecule has 0 fully saturated rings. The summed E-state index contributed by atoms with van der Waals surface area (Å²) < 4.78 is 1.63. The number of carboxylic acids is 1. The molecule has 0 bridgehead atoms. The number of carbonyl (C=O) groups is 1. The highest BCUT2D eigenvalue weighted by Crippen LogP contribution is 2.38. The van der Waals surface area contributed by atoms with E-state index in [0.717, 1.165) is 11.3 Å². The van der Waals surface area contributed by atoms with Gasteiger partial charge in [0.15, 0.2) is 5.69 Å². The van der Waals surface area contributed by atoms with E-state index in [1.165, 1.54) is 0 Å². The Bertz CT molecular complexity index is 1170. The summed E-state index contributed by atoms with van der Waals surface area (Å²) in [7, 11) is 0. The number of carboxylic acid groups (broad SMARTS) is 1. The molecule has 4 aromatic rings. The third-order valence-corrected chi connectivity index (χ3v) is 4.77. The van der Waals surface area contributed by atoms with Gasteiger partial charge in [0.25, 0.3) is 0 Å². The second-order valence-corrected chi connectivity index (χ2v) is 7.02. The van der Waals surface area contributed by atoms with Crippen LogP contribution < -0.4 is 0 Å². The second-order valence-electron chi connectivity index (χ2n) is 6.15. The van der Waals surface area contributed by atoms with Crippen molar-refractivity contribution in [2.75, 3.05) is 0 Å². The Labute approximate surface area is 171 Å². The summed E-state index contributed by atoms with van der Waals surface area (Å²) in [5, 5.41) is 15.3. The molecule has 28 heavy (non-hydrogen) atoms. The lowest BCUT2D eigenvalue weighted by Crippen LogP contribution is -2.02. The molecule has 0 saturated heterocycles. The van der Waals surface area contributed by atoms with E-state index in [-0.39, 0.29) is 5.69 Å². The van der Waals surface area contributed by atoms with E-state index in [9.17, 15) is 9.90 Å². The number of aromatic carboxylic acids is 1. The van der Waals surface area contributed by atoms with Crippen LogP contribution in [0.4, 0.5) is 0 Å². The van der Waals surface area contributed by atoms with Gasteiger partial charge >= 0.3 is 5.97 Å². The van der Waals surface area contributed by atoms with Crippen LogP contribution in [-0.2, 0) is 0 Å². The van der Waals surface area contributed by atoms with E-state index in [2.05, 4.69) is 5.10 Å². The van der Waals surface area contributed by atoms with E-state index in [1.54, 1.807) is 35.0 Å². The largest absolute Gasteiger partial charge is 0.476 e. The molecule has 0 aliphatic heterocycles. The van der Waals surface area contributed by atoms with E-state index in [1.807, 2.05) is 48.5 Å². The first kappa shape index (κ1) is 18.3. The molecule has 138 valence electrons. The number of benzene rings is 3. The maximum atomic E-state index is 12.0. The van der Waals surface area contributed by atoms with Crippen LogP contribution in [0.15, 0.2) is 78.9 Å². The summed E-state index contributed by atoms with van der Waals surface area (Å²) in [6, 6.07) is 23.7. The number of rotatable bonds is 4. The topological polar surface area (TPSA) is 55.1 Å². The van der Waals surface area contributed by atoms with Crippen molar-refractivity contribution in [2.45, 2.75) is 0 Å². The zero-order chi connectivity index (χ0) is 19.7. The van der Waals surface area contributed by atoms with Crippen molar-refractivity contribution in [2.24, 2.45) is 0 Å². The lowest BCUT2D eigenvalue weighted by molar-refractivity contribution is 0.0691. The summed E-state index contributed by atoms with van der Waals surface area (Å²) in [5.74, 6) is -1.12. The fourth-order valence-corrected chi connectivity index (χ4v) is 3.52. The summed E-state index contributed by atoms with van der Waals surface area (Å²) >= 11 is 12.4. The van der Waals surface area contributed by atoms with E-state index < -0.39 is 5.97 Å². The van der Waals surface area contributed by atoms with Gasteiger partial charge in [0.2, 0.25) is 0 Å². The fourth-order valence-electron chi connectivity index (χ4n) is 3.14. The number of aromatic nitrogens is 2. The smallest absolute Gasteiger partial charge is 0.357 e. The number of para-hydroxylation sites is 1. The van der Waals surface area contributed by atoms with Gasteiger partial charge in [0.05, 0.1) is 11.4 Å². The molecular formula is C22H14Cl2N2O2. The second kappa shape index (κ2) is 7.50. The van der Waals surface area contributed by atoms with Crippen LogP contribution in [0.1, 0.15) is 10.5 Å². The predicted molar refractivity (Wildman–Crippen MR) is 111 cm³/mol. The lowest BCUT2D eigenvalue weighted by Gasteiger charge is -2.11. The summed E-state index contributed by atoms with van der Waals surface area (Å²) in [5.41, 5.74) is 3.23. The van der Waals surface area contributed by atoms with Crippen molar-refractivity contribution in [3.05, 3.63) is 94.6 Å². The molecule has 0 unspecified atom stereocenters. The molecule has 0 atom stereocenters. The van der Waals surface area contributed by atoms with Gasteiger partial charge in [-0.05, 0) is 42.0 Å². The van der Waals surface area contributed by atoms with Gasteiger partial charge in [0, 0.05) is 21.2 Å². The van der Waals surface area contributed by atoms with Crippen molar-refractivity contribution in [3.63, 3.8) is 0 Å². The zero-order valence-electron chi connectivity index (χ0n) is 14.5. The van der Waals surface area contributed by atoms with Crippen LogP contribution in [0.3, 0.4) is 0 Å². The maximum Gasteiger partial charge on any atom is 0.357 e. The monoisotopic (exact) mass is 408 g/mol. The third kappa shape index (κ3) is 3.40. The summed E-state index contributed by atoms with van der Waals surface area (Å²) in [6.07, 6.45) is 0. The Hall–Kier alpha value is -3.08. The van der Waals surface area contributed by atoms with Gasteiger partial charge in [-0.1, -0.05) is 65.7 Å². The molecule has 0 aliphatic carbocycles. The highest BCUT2D eigenvalue weighted by molar-refractivity contribution is 6.31. The highest BCUT2D eigenvalue weighted by atomic mass is 35.5. The van der Waals surface area contributed by atoms with Crippen LogP contribution in [0.2, 0.25) is 10.0 Å². The van der Waals surface area contributed by atoms with Crippen molar-refractivity contribution < 1.29 is 9.90 Å². The molecule has 0 radical (unpaired) electrons. The molecule has 1 aromatic heterocycles. The zero-order valence-corrected chi connectivity index (χ0v) is 16.0. The van der Waals surface area contributed by atoms with Crippen LogP contribution in [0.5, 0.6) is 0 Å². The van der Waals surface area contributed by atoms with Crippen molar-refractivity contribution in [3.8, 4) is 28.1 Å². The molecule has 0 saturated carbocycles. The van der Waals surface area contributed by atoms with Crippen molar-refractivity contribution >= 4 is 29.2 Å². The molecule has 6 heteroatoms. The van der Waals surface area contributed by atoms with E-state index >= 15 is 0 Å². The quantitative estimate of drug-likeness (QED) is 0.436. The Morgan fingerprint density at radius 1 is 0.821 bits per heavy atom. The Morgan fingerprint density at radius 3 is 2.04 bits per heavy atom. The minimum atomic E-state index is -1.12. The predicted octanol–water partition coefficient (Wildman–Crippen LogP) is 6.21. The lowest BCUT2D eigenvalue weighted by atomic mass is 9.98. The average molecular weight is 409 g/mol. The van der Waals surface area contributed by atoms with Crippen molar-refractivity contribution in [1.82, 2.24) is 9.78 Å². The molecule has 1 heterocycles. The fraction of sp³-hybridized carbons (Fsp3) is 0. The van der Waals surface area contributed by atoms with Gasteiger partial charge in [0.1, 0.15) is 0 Å². The molecule has 1 N–H and O–H groups in total. The van der Waals surface area contributed by atoms with Crippen molar-refractivity contribution in [1.29, 1.82) is 0 Å². The van der Waals surface area contributed by atoms with Crippen LogP contribution in [-0.4, -0.2) is 20.9 Å². The molecule has 3 aromatic carbocycles. The molecule has 4 nitrogen and oxygen atoms in total.